The fraction of sp³-hybridized carbons (Fsp3) is 0.724. The van der Waals surface area contributed by atoms with Crippen LogP contribution in [0.15, 0.2) is 18.2 Å². The molecule has 0 aliphatic carbocycles. The molecule has 0 aliphatic rings. The number of esters is 2. The molecule has 0 aliphatic heterocycles. The van der Waals surface area contributed by atoms with Crippen molar-refractivity contribution in [3.05, 3.63) is 28.8 Å². The van der Waals surface area contributed by atoms with Crippen molar-refractivity contribution in [3.8, 4) is 5.75 Å². The number of benzene rings is 1. The third kappa shape index (κ3) is 17.0. The first-order valence-corrected chi connectivity index (χ1v) is 14.0. The van der Waals surface area contributed by atoms with Crippen LogP contribution in [0, 0.1) is 6.92 Å². The van der Waals surface area contributed by atoms with E-state index in [0.29, 0.717) is 30.2 Å². The zero-order valence-electron chi connectivity index (χ0n) is 21.7. The number of ether oxygens (including phenoxy) is 2. The average Bonchev–Trinajstić information content (AvgIpc) is 2.81. The van der Waals surface area contributed by atoms with E-state index in [1.807, 2.05) is 6.92 Å². The van der Waals surface area contributed by atoms with Gasteiger partial charge in [0.2, 0.25) is 0 Å². The van der Waals surface area contributed by atoms with Crippen LogP contribution in [0.25, 0.3) is 0 Å². The van der Waals surface area contributed by atoms with Crippen LogP contribution in [-0.4, -0.2) is 18.5 Å². The lowest BCUT2D eigenvalue weighted by Gasteiger charge is -2.07. The van der Waals surface area contributed by atoms with Crippen molar-refractivity contribution >= 4 is 23.5 Å². The summed E-state index contributed by atoms with van der Waals surface area (Å²) in [6, 6.07) is 5.25. The van der Waals surface area contributed by atoms with Gasteiger partial charge in [0.25, 0.3) is 0 Å². The van der Waals surface area contributed by atoms with Crippen LogP contribution >= 0.6 is 11.6 Å². The number of rotatable bonds is 21. The lowest BCUT2D eigenvalue weighted by atomic mass is 10.1. The first kappa shape index (κ1) is 30.5. The molecule has 0 aromatic heterocycles. The second-order valence-corrected chi connectivity index (χ2v) is 9.84. The molecule has 0 unspecified atom stereocenters. The molecule has 0 bridgehead atoms. The van der Waals surface area contributed by atoms with Crippen LogP contribution in [0.1, 0.15) is 128 Å². The number of carbonyl (C=O) groups is 2. The molecule has 1 rings (SSSR count). The van der Waals surface area contributed by atoms with Crippen LogP contribution in [-0.2, 0) is 14.3 Å². The van der Waals surface area contributed by atoms with Gasteiger partial charge in [-0.1, -0.05) is 102 Å². The predicted molar refractivity (Wildman–Crippen MR) is 142 cm³/mol. The molecule has 0 N–H and O–H groups in total. The number of hydrogen-bond acceptors (Lipinski definition) is 4. The van der Waals surface area contributed by atoms with Gasteiger partial charge in [0.15, 0.2) is 0 Å². The quantitative estimate of drug-likeness (QED) is 0.0970. The van der Waals surface area contributed by atoms with Gasteiger partial charge in [-0.05, 0) is 49.9 Å². The summed E-state index contributed by atoms with van der Waals surface area (Å²) in [6.07, 6.45) is 19.7. The molecule has 0 saturated heterocycles. The second-order valence-electron chi connectivity index (χ2n) is 9.41. The van der Waals surface area contributed by atoms with Crippen molar-refractivity contribution < 1.29 is 19.1 Å². The summed E-state index contributed by atoms with van der Waals surface area (Å²) in [4.78, 5) is 23.8. The maximum absolute atomic E-state index is 12.0. The molecule has 0 fully saturated rings. The summed E-state index contributed by atoms with van der Waals surface area (Å²) < 4.78 is 10.8. The topological polar surface area (TPSA) is 52.6 Å². The third-order valence-corrected chi connectivity index (χ3v) is 6.37. The van der Waals surface area contributed by atoms with Gasteiger partial charge in [-0.2, -0.15) is 0 Å². The number of halogens is 1. The number of carbonyl (C=O) groups excluding carboxylic acids is 2. The summed E-state index contributed by atoms with van der Waals surface area (Å²) in [6.45, 7) is 4.70. The van der Waals surface area contributed by atoms with E-state index in [1.165, 1.54) is 51.4 Å². The molecule has 0 atom stereocenters. The van der Waals surface area contributed by atoms with Crippen molar-refractivity contribution in [2.24, 2.45) is 0 Å². The fourth-order valence-corrected chi connectivity index (χ4v) is 4.22. The van der Waals surface area contributed by atoms with Gasteiger partial charge in [-0.3, -0.25) is 9.59 Å². The molecule has 0 heterocycles. The lowest BCUT2D eigenvalue weighted by Crippen LogP contribution is -2.08. The van der Waals surface area contributed by atoms with Gasteiger partial charge < -0.3 is 9.47 Å². The molecule has 1 aromatic carbocycles. The average molecular weight is 495 g/mol. The fourth-order valence-electron chi connectivity index (χ4n) is 3.99. The minimum atomic E-state index is -0.199. The highest BCUT2D eigenvalue weighted by Gasteiger charge is 2.08. The van der Waals surface area contributed by atoms with Gasteiger partial charge in [-0.15, -0.1) is 0 Å². The Bertz CT molecular complexity index is 674. The molecule has 1 aromatic rings. The maximum atomic E-state index is 12.0. The summed E-state index contributed by atoms with van der Waals surface area (Å²) in [5, 5.41) is 0.639. The smallest absolute Gasteiger partial charge is 0.311 e. The number of aryl methyl sites for hydroxylation is 1. The van der Waals surface area contributed by atoms with Crippen LogP contribution in [0.5, 0.6) is 5.75 Å². The maximum Gasteiger partial charge on any atom is 0.311 e. The van der Waals surface area contributed by atoms with Gasteiger partial charge in [0, 0.05) is 17.9 Å². The zero-order chi connectivity index (χ0) is 24.9. The largest absolute Gasteiger partial charge is 0.466 e. The van der Waals surface area contributed by atoms with Crippen LogP contribution in [0.2, 0.25) is 5.02 Å². The van der Waals surface area contributed by atoms with Crippen LogP contribution in [0.3, 0.4) is 0 Å². The van der Waals surface area contributed by atoms with Crippen molar-refractivity contribution in [3.63, 3.8) is 0 Å². The van der Waals surface area contributed by atoms with E-state index in [-0.39, 0.29) is 11.9 Å². The summed E-state index contributed by atoms with van der Waals surface area (Å²) in [7, 11) is 0. The first-order valence-electron chi connectivity index (χ1n) is 13.7. The van der Waals surface area contributed by atoms with Gasteiger partial charge >= 0.3 is 11.9 Å². The Morgan fingerprint density at radius 3 is 1.76 bits per heavy atom. The Hall–Kier alpha value is -1.55. The molecule has 194 valence electrons. The monoisotopic (exact) mass is 494 g/mol. The summed E-state index contributed by atoms with van der Waals surface area (Å²) >= 11 is 5.92. The number of hydrogen-bond donors (Lipinski definition) is 0. The number of unbranched alkanes of at least 4 members (excludes halogenated alkanes) is 14. The Labute approximate surface area is 213 Å². The molecule has 4 nitrogen and oxygen atoms in total. The molecule has 34 heavy (non-hydrogen) atoms. The Morgan fingerprint density at radius 1 is 0.706 bits per heavy atom. The molecule has 0 saturated carbocycles. The van der Waals surface area contributed by atoms with E-state index in [1.54, 1.807) is 18.2 Å². The summed E-state index contributed by atoms with van der Waals surface area (Å²) in [5.74, 6) is 0.321. The Morgan fingerprint density at radius 2 is 1.21 bits per heavy atom. The van der Waals surface area contributed by atoms with Crippen molar-refractivity contribution in [2.45, 2.75) is 129 Å². The molecular weight excluding hydrogens is 448 g/mol. The van der Waals surface area contributed by atoms with E-state index < -0.39 is 0 Å². The molecule has 0 radical (unpaired) electrons. The van der Waals surface area contributed by atoms with E-state index in [4.69, 9.17) is 21.1 Å². The SMILES string of the molecule is CCCCCCCCCCCCOC(=O)CCCCCCCCC(=O)Oc1ccc(Cl)cc1C. The van der Waals surface area contributed by atoms with Crippen molar-refractivity contribution in [2.75, 3.05) is 6.61 Å². The van der Waals surface area contributed by atoms with Crippen LogP contribution < -0.4 is 4.74 Å². The first-order chi connectivity index (χ1) is 16.5. The van der Waals surface area contributed by atoms with Gasteiger partial charge in [0.05, 0.1) is 6.61 Å². The molecule has 0 amide bonds. The lowest BCUT2D eigenvalue weighted by molar-refractivity contribution is -0.144. The predicted octanol–water partition coefficient (Wildman–Crippen LogP) is 9.14. The zero-order valence-corrected chi connectivity index (χ0v) is 22.4. The molecule has 5 heteroatoms. The highest BCUT2D eigenvalue weighted by Crippen LogP contribution is 2.22. The molecule has 0 spiro atoms. The standard InChI is InChI=1S/C29H47ClO4/c1-3-4-5-6-7-8-9-12-15-18-23-33-28(31)19-16-13-10-11-14-17-20-29(32)34-27-22-21-26(30)24-25(27)2/h21-22,24H,3-20,23H2,1-2H3. The van der Waals surface area contributed by atoms with E-state index >= 15 is 0 Å². The highest BCUT2D eigenvalue weighted by molar-refractivity contribution is 6.30. The van der Waals surface area contributed by atoms with Gasteiger partial charge in [0.1, 0.15) is 5.75 Å². The Kier molecular flexibility index (Phi) is 18.6. The third-order valence-electron chi connectivity index (χ3n) is 6.13. The summed E-state index contributed by atoms with van der Waals surface area (Å²) in [5.41, 5.74) is 0.864. The van der Waals surface area contributed by atoms with Crippen molar-refractivity contribution in [1.82, 2.24) is 0 Å². The minimum Gasteiger partial charge on any atom is -0.466 e. The Balaban J connectivity index is 1.85. The highest BCUT2D eigenvalue weighted by atomic mass is 35.5. The minimum absolute atomic E-state index is 0.0591. The van der Waals surface area contributed by atoms with Gasteiger partial charge in [-0.25, -0.2) is 0 Å². The van der Waals surface area contributed by atoms with Crippen LogP contribution in [0.4, 0.5) is 0 Å². The normalized spacial score (nSPS) is 10.9. The van der Waals surface area contributed by atoms with E-state index in [2.05, 4.69) is 6.92 Å². The second kappa shape index (κ2) is 20.8. The van der Waals surface area contributed by atoms with Crippen molar-refractivity contribution in [1.29, 1.82) is 0 Å². The molecular formula is C29H47ClO4. The van der Waals surface area contributed by atoms with E-state index in [0.717, 1.165) is 56.9 Å². The van der Waals surface area contributed by atoms with E-state index in [9.17, 15) is 9.59 Å².